The topological polar surface area (TPSA) is 95.8 Å². The van der Waals surface area contributed by atoms with Crippen LogP contribution >= 0.6 is 0 Å². The van der Waals surface area contributed by atoms with Gasteiger partial charge in [-0.25, -0.2) is 9.29 Å². The molecule has 1 N–H and O–H groups in total. The third-order valence-electron chi connectivity index (χ3n) is 5.17. The highest BCUT2D eigenvalue weighted by atomic mass is 19.1. The number of amides is 2. The van der Waals surface area contributed by atoms with Crippen molar-refractivity contribution in [2.75, 3.05) is 29.2 Å². The molecule has 0 saturated heterocycles. The molecule has 0 unspecified atom stereocenters. The van der Waals surface area contributed by atoms with Crippen LogP contribution in [0.4, 0.5) is 27.1 Å². The monoisotopic (exact) mass is 446 g/mol. The summed E-state index contributed by atoms with van der Waals surface area (Å²) in [5.41, 5.74) is 1.81. The van der Waals surface area contributed by atoms with Crippen molar-refractivity contribution in [1.82, 2.24) is 0 Å². The molecule has 0 aromatic heterocycles. The minimum Gasteiger partial charge on any atom is -0.378 e. The maximum atomic E-state index is 13.8. The summed E-state index contributed by atoms with van der Waals surface area (Å²) in [4.78, 5) is 39.9. The van der Waals surface area contributed by atoms with Crippen LogP contribution in [0.25, 0.3) is 5.57 Å². The standard InChI is InChI=1S/C24H19FN4O4/c1-27(2)18-12-8-17(9-13-18)26-22-21(15-6-10-19(11-7-15)29(32)33)23(30)28(24(22)31)20-5-3-4-16(25)14-20/h3-14,26H,1-2H3. The Hall–Kier alpha value is -4.53. The average Bonchev–Trinajstić information content (AvgIpc) is 3.03. The van der Waals surface area contributed by atoms with Crippen LogP contribution in [0, 0.1) is 15.9 Å². The van der Waals surface area contributed by atoms with Crippen molar-refractivity contribution < 1.29 is 18.9 Å². The van der Waals surface area contributed by atoms with Gasteiger partial charge in [-0.15, -0.1) is 0 Å². The summed E-state index contributed by atoms with van der Waals surface area (Å²) < 4.78 is 13.8. The number of rotatable bonds is 6. The number of hydrogen-bond donors (Lipinski definition) is 1. The Labute approximate surface area is 188 Å². The first-order valence-electron chi connectivity index (χ1n) is 9.94. The van der Waals surface area contributed by atoms with Gasteiger partial charge in [0.05, 0.1) is 16.2 Å². The van der Waals surface area contributed by atoms with Gasteiger partial charge in [-0.2, -0.15) is 0 Å². The molecule has 0 atom stereocenters. The number of hydrogen-bond acceptors (Lipinski definition) is 6. The molecule has 0 fully saturated rings. The van der Waals surface area contributed by atoms with Gasteiger partial charge < -0.3 is 10.2 Å². The van der Waals surface area contributed by atoms with Crippen LogP contribution in [0.2, 0.25) is 0 Å². The van der Waals surface area contributed by atoms with Gasteiger partial charge in [0.25, 0.3) is 17.5 Å². The second-order valence-electron chi connectivity index (χ2n) is 7.55. The lowest BCUT2D eigenvalue weighted by atomic mass is 10.0. The number of benzene rings is 3. The van der Waals surface area contributed by atoms with Gasteiger partial charge in [-0.1, -0.05) is 6.07 Å². The highest BCUT2D eigenvalue weighted by molar-refractivity contribution is 6.46. The zero-order valence-electron chi connectivity index (χ0n) is 17.8. The Bertz CT molecular complexity index is 1280. The fourth-order valence-corrected chi connectivity index (χ4v) is 3.50. The maximum Gasteiger partial charge on any atom is 0.282 e. The number of non-ortho nitro benzene ring substituents is 1. The minimum absolute atomic E-state index is 0.00397. The van der Waals surface area contributed by atoms with Crippen molar-refractivity contribution in [1.29, 1.82) is 0 Å². The molecule has 33 heavy (non-hydrogen) atoms. The van der Waals surface area contributed by atoms with Crippen molar-refractivity contribution in [2.24, 2.45) is 0 Å². The Morgan fingerprint density at radius 1 is 0.939 bits per heavy atom. The molecule has 1 aliphatic rings. The fourth-order valence-electron chi connectivity index (χ4n) is 3.50. The van der Waals surface area contributed by atoms with Gasteiger partial charge in [0.2, 0.25) is 0 Å². The van der Waals surface area contributed by atoms with E-state index in [4.69, 9.17) is 0 Å². The Balaban J connectivity index is 1.79. The van der Waals surface area contributed by atoms with Crippen molar-refractivity contribution in [3.8, 4) is 0 Å². The molecule has 1 aliphatic heterocycles. The Morgan fingerprint density at radius 2 is 1.61 bits per heavy atom. The molecule has 1 heterocycles. The van der Waals surface area contributed by atoms with E-state index in [1.54, 1.807) is 12.1 Å². The van der Waals surface area contributed by atoms with E-state index < -0.39 is 22.6 Å². The van der Waals surface area contributed by atoms with E-state index >= 15 is 0 Å². The van der Waals surface area contributed by atoms with Crippen LogP contribution in [0.5, 0.6) is 0 Å². The number of carbonyl (C=O) groups excluding carboxylic acids is 2. The fraction of sp³-hybridized carbons (Fsp3) is 0.0833. The largest absolute Gasteiger partial charge is 0.378 e. The molecule has 9 heteroatoms. The number of anilines is 3. The van der Waals surface area contributed by atoms with Crippen molar-refractivity contribution >= 4 is 40.1 Å². The molecule has 8 nitrogen and oxygen atoms in total. The van der Waals surface area contributed by atoms with Crippen LogP contribution in [0.1, 0.15) is 5.56 Å². The summed E-state index contributed by atoms with van der Waals surface area (Å²) in [5.74, 6) is -1.91. The summed E-state index contributed by atoms with van der Waals surface area (Å²) in [5, 5.41) is 14.0. The Morgan fingerprint density at radius 3 is 2.18 bits per heavy atom. The first-order valence-corrected chi connectivity index (χ1v) is 9.94. The quantitative estimate of drug-likeness (QED) is 0.346. The van der Waals surface area contributed by atoms with Gasteiger partial charge in [0.1, 0.15) is 11.5 Å². The number of nitro groups is 1. The van der Waals surface area contributed by atoms with Crippen LogP contribution < -0.4 is 15.1 Å². The van der Waals surface area contributed by atoms with Crippen LogP contribution in [0.3, 0.4) is 0 Å². The SMILES string of the molecule is CN(C)c1ccc(NC2=C(c3ccc([N+](=O)[O-])cc3)C(=O)N(c3cccc(F)c3)C2=O)cc1. The molecule has 0 spiro atoms. The van der Waals surface area contributed by atoms with Crippen LogP contribution in [-0.2, 0) is 9.59 Å². The second-order valence-corrected chi connectivity index (χ2v) is 7.55. The lowest BCUT2D eigenvalue weighted by molar-refractivity contribution is -0.384. The van der Waals surface area contributed by atoms with E-state index in [-0.39, 0.29) is 22.6 Å². The van der Waals surface area contributed by atoms with E-state index in [1.807, 2.05) is 31.1 Å². The summed E-state index contributed by atoms with van der Waals surface area (Å²) >= 11 is 0. The summed E-state index contributed by atoms with van der Waals surface area (Å²) in [6, 6.07) is 17.7. The predicted octanol–water partition coefficient (Wildman–Crippen LogP) is 4.20. The number of imide groups is 1. The third kappa shape index (κ3) is 4.16. The molecule has 166 valence electrons. The molecule has 0 bridgehead atoms. The zero-order chi connectivity index (χ0) is 23.7. The van der Waals surface area contributed by atoms with Crippen molar-refractivity contribution in [3.63, 3.8) is 0 Å². The highest BCUT2D eigenvalue weighted by Crippen LogP contribution is 2.34. The second kappa shape index (κ2) is 8.54. The van der Waals surface area contributed by atoms with E-state index in [0.29, 0.717) is 11.3 Å². The molecule has 0 aliphatic carbocycles. The molecule has 4 rings (SSSR count). The molecule has 0 saturated carbocycles. The summed E-state index contributed by atoms with van der Waals surface area (Å²) in [7, 11) is 3.79. The molecule has 3 aromatic carbocycles. The predicted molar refractivity (Wildman–Crippen MR) is 123 cm³/mol. The molecule has 0 radical (unpaired) electrons. The number of halogens is 1. The molecular weight excluding hydrogens is 427 g/mol. The highest BCUT2D eigenvalue weighted by Gasteiger charge is 2.40. The number of carbonyl (C=O) groups is 2. The number of nitro benzene ring substituents is 1. The molecule has 3 aromatic rings. The normalized spacial score (nSPS) is 13.5. The van der Waals surface area contributed by atoms with Gasteiger partial charge in [-0.05, 0) is 60.2 Å². The van der Waals surface area contributed by atoms with Crippen molar-refractivity contribution in [2.45, 2.75) is 0 Å². The zero-order valence-corrected chi connectivity index (χ0v) is 17.8. The summed E-state index contributed by atoms with van der Waals surface area (Å²) in [6.45, 7) is 0. The first kappa shape index (κ1) is 21.7. The molecule has 2 amide bonds. The third-order valence-corrected chi connectivity index (χ3v) is 5.17. The van der Waals surface area contributed by atoms with Gasteiger partial charge in [-0.3, -0.25) is 19.7 Å². The van der Waals surface area contributed by atoms with Gasteiger partial charge >= 0.3 is 0 Å². The summed E-state index contributed by atoms with van der Waals surface area (Å²) in [6.07, 6.45) is 0. The average molecular weight is 446 g/mol. The number of nitrogens with zero attached hydrogens (tertiary/aromatic N) is 3. The number of nitrogens with one attached hydrogen (secondary N) is 1. The first-order chi connectivity index (χ1) is 15.8. The van der Waals surface area contributed by atoms with E-state index in [2.05, 4.69) is 5.32 Å². The van der Waals surface area contributed by atoms with Crippen molar-refractivity contribution in [3.05, 3.63) is 100.0 Å². The minimum atomic E-state index is -0.660. The van der Waals surface area contributed by atoms with E-state index in [1.165, 1.54) is 42.5 Å². The lowest BCUT2D eigenvalue weighted by Gasteiger charge is -2.16. The van der Waals surface area contributed by atoms with Crippen LogP contribution in [0.15, 0.2) is 78.5 Å². The molecular formula is C24H19FN4O4. The van der Waals surface area contributed by atoms with Crippen LogP contribution in [-0.4, -0.2) is 30.8 Å². The van der Waals surface area contributed by atoms with Gasteiger partial charge in [0, 0.05) is 37.6 Å². The lowest BCUT2D eigenvalue weighted by Crippen LogP contribution is -2.32. The Kier molecular flexibility index (Phi) is 5.61. The van der Waals surface area contributed by atoms with E-state index in [9.17, 15) is 24.1 Å². The smallest absolute Gasteiger partial charge is 0.282 e. The maximum absolute atomic E-state index is 13.8. The van der Waals surface area contributed by atoms with Gasteiger partial charge in [0.15, 0.2) is 0 Å². The van der Waals surface area contributed by atoms with E-state index in [0.717, 1.165) is 16.7 Å².